The molecule has 2 aromatic carbocycles. The number of likely N-dealkylation sites (tertiary alicyclic amines) is 1. The molecule has 0 aromatic heterocycles. The molecule has 0 radical (unpaired) electrons. The van der Waals surface area contributed by atoms with E-state index in [1.807, 2.05) is 30.3 Å². The Morgan fingerprint density at radius 2 is 1.64 bits per heavy atom. The number of ketones is 1. The normalized spacial score (nSPS) is 14.4. The Kier molecular flexibility index (Phi) is 6.71. The Hall–Kier alpha value is -2.79. The van der Waals surface area contributed by atoms with Crippen LogP contribution in [-0.4, -0.2) is 45.1 Å². The molecule has 5 heteroatoms. The fourth-order valence-electron chi connectivity index (χ4n) is 3.43. The van der Waals surface area contributed by atoms with Crippen LogP contribution in [-0.2, 0) is 6.54 Å². The van der Waals surface area contributed by atoms with Crippen LogP contribution in [0.3, 0.4) is 0 Å². The zero-order valence-corrected chi connectivity index (χ0v) is 16.7. The number of allylic oxidation sites excluding steroid dienone is 1. The van der Waals surface area contributed by atoms with E-state index < -0.39 is 0 Å². The highest BCUT2D eigenvalue weighted by atomic mass is 16.5. The van der Waals surface area contributed by atoms with Crippen LogP contribution in [0.4, 0.5) is 0 Å². The molecular formula is C23H27NO4. The van der Waals surface area contributed by atoms with Gasteiger partial charge in [-0.25, -0.2) is 0 Å². The van der Waals surface area contributed by atoms with Crippen molar-refractivity contribution in [1.82, 2.24) is 4.90 Å². The van der Waals surface area contributed by atoms with E-state index in [1.54, 1.807) is 39.5 Å². The van der Waals surface area contributed by atoms with Gasteiger partial charge in [0.2, 0.25) is 0 Å². The van der Waals surface area contributed by atoms with E-state index in [0.29, 0.717) is 17.1 Å². The molecule has 0 bridgehead atoms. The van der Waals surface area contributed by atoms with Gasteiger partial charge in [0, 0.05) is 23.7 Å². The Labute approximate surface area is 166 Å². The molecule has 0 unspecified atom stereocenters. The van der Waals surface area contributed by atoms with Crippen LogP contribution in [0.25, 0.3) is 6.08 Å². The van der Waals surface area contributed by atoms with Crippen molar-refractivity contribution in [2.75, 3.05) is 34.4 Å². The lowest BCUT2D eigenvalue weighted by atomic mass is 10.0. The van der Waals surface area contributed by atoms with Gasteiger partial charge in [-0.3, -0.25) is 9.69 Å². The lowest BCUT2D eigenvalue weighted by Gasteiger charge is -2.17. The molecule has 1 fully saturated rings. The Morgan fingerprint density at radius 1 is 0.964 bits per heavy atom. The summed E-state index contributed by atoms with van der Waals surface area (Å²) in [4.78, 5) is 15.1. The summed E-state index contributed by atoms with van der Waals surface area (Å²) in [6.45, 7) is 3.00. The van der Waals surface area contributed by atoms with Gasteiger partial charge in [-0.1, -0.05) is 6.08 Å². The monoisotopic (exact) mass is 381 g/mol. The van der Waals surface area contributed by atoms with E-state index in [1.165, 1.54) is 12.8 Å². The van der Waals surface area contributed by atoms with Crippen LogP contribution in [0.15, 0.2) is 42.5 Å². The molecule has 3 rings (SSSR count). The SMILES string of the molecule is COc1cc(/C=C/C(=O)c2ccc(OC)c(CN3CCCC3)c2)cc(OC)c1. The molecule has 1 aliphatic heterocycles. The second-order valence-electron chi connectivity index (χ2n) is 6.85. The molecule has 2 aromatic rings. The summed E-state index contributed by atoms with van der Waals surface area (Å²) >= 11 is 0. The number of rotatable bonds is 8. The highest BCUT2D eigenvalue weighted by molar-refractivity contribution is 6.07. The van der Waals surface area contributed by atoms with Gasteiger partial charge in [0.05, 0.1) is 21.3 Å². The second kappa shape index (κ2) is 9.42. The van der Waals surface area contributed by atoms with Crippen molar-refractivity contribution in [3.63, 3.8) is 0 Å². The molecule has 0 saturated carbocycles. The maximum absolute atomic E-state index is 12.7. The average molecular weight is 381 g/mol. The number of hydrogen-bond donors (Lipinski definition) is 0. The summed E-state index contributed by atoms with van der Waals surface area (Å²) in [6, 6.07) is 11.1. The molecule has 28 heavy (non-hydrogen) atoms. The van der Waals surface area contributed by atoms with Crippen LogP contribution < -0.4 is 14.2 Å². The van der Waals surface area contributed by atoms with E-state index in [-0.39, 0.29) is 5.78 Å². The lowest BCUT2D eigenvalue weighted by molar-refractivity contribution is 0.104. The third-order valence-corrected chi connectivity index (χ3v) is 4.96. The van der Waals surface area contributed by atoms with E-state index in [4.69, 9.17) is 14.2 Å². The lowest BCUT2D eigenvalue weighted by Crippen LogP contribution is -2.19. The van der Waals surface area contributed by atoms with Gasteiger partial charge < -0.3 is 14.2 Å². The molecule has 1 saturated heterocycles. The van der Waals surface area contributed by atoms with E-state index in [2.05, 4.69) is 4.90 Å². The van der Waals surface area contributed by atoms with Crippen molar-refractivity contribution in [3.8, 4) is 17.2 Å². The average Bonchev–Trinajstić information content (AvgIpc) is 3.24. The number of methoxy groups -OCH3 is 3. The third-order valence-electron chi connectivity index (χ3n) is 4.96. The summed E-state index contributed by atoms with van der Waals surface area (Å²) in [5.74, 6) is 2.14. The van der Waals surface area contributed by atoms with Gasteiger partial charge >= 0.3 is 0 Å². The molecule has 5 nitrogen and oxygen atoms in total. The van der Waals surface area contributed by atoms with Crippen LogP contribution in [0.1, 0.15) is 34.3 Å². The highest BCUT2D eigenvalue weighted by Crippen LogP contribution is 2.25. The molecule has 0 atom stereocenters. The largest absolute Gasteiger partial charge is 0.497 e. The highest BCUT2D eigenvalue weighted by Gasteiger charge is 2.15. The first-order chi connectivity index (χ1) is 13.6. The van der Waals surface area contributed by atoms with Gasteiger partial charge in [-0.2, -0.15) is 0 Å². The molecule has 0 amide bonds. The predicted molar refractivity (Wildman–Crippen MR) is 110 cm³/mol. The minimum atomic E-state index is -0.0490. The van der Waals surface area contributed by atoms with Gasteiger partial charge in [0.1, 0.15) is 17.2 Å². The van der Waals surface area contributed by atoms with Gasteiger partial charge in [0.15, 0.2) is 5.78 Å². The number of hydrogen-bond acceptors (Lipinski definition) is 5. The first kappa shape index (κ1) is 20.0. The standard InChI is InChI=1S/C23H27NO4/c1-26-20-12-17(13-21(15-20)27-2)6-8-22(25)18-7-9-23(28-3)19(14-18)16-24-10-4-5-11-24/h6-9,12-15H,4-5,10-11,16H2,1-3H3/b8-6+. The van der Waals surface area contributed by atoms with Crippen molar-refractivity contribution in [2.45, 2.75) is 19.4 Å². The van der Waals surface area contributed by atoms with Crippen LogP contribution in [0.2, 0.25) is 0 Å². The topological polar surface area (TPSA) is 48.0 Å². The molecule has 0 aliphatic carbocycles. The number of nitrogens with zero attached hydrogens (tertiary/aromatic N) is 1. The number of ether oxygens (including phenoxy) is 3. The van der Waals surface area contributed by atoms with Crippen molar-refractivity contribution in [3.05, 3.63) is 59.2 Å². The number of carbonyl (C=O) groups excluding carboxylic acids is 1. The number of benzene rings is 2. The second-order valence-corrected chi connectivity index (χ2v) is 6.85. The molecule has 0 N–H and O–H groups in total. The fourth-order valence-corrected chi connectivity index (χ4v) is 3.43. The van der Waals surface area contributed by atoms with Gasteiger partial charge in [0.25, 0.3) is 0 Å². The summed E-state index contributed by atoms with van der Waals surface area (Å²) < 4.78 is 16.0. The zero-order valence-electron chi connectivity index (χ0n) is 16.7. The summed E-state index contributed by atoms with van der Waals surface area (Å²) in [5, 5.41) is 0. The summed E-state index contributed by atoms with van der Waals surface area (Å²) in [7, 11) is 4.87. The van der Waals surface area contributed by atoms with Crippen LogP contribution in [0.5, 0.6) is 17.2 Å². The Morgan fingerprint density at radius 3 is 2.25 bits per heavy atom. The van der Waals surface area contributed by atoms with Gasteiger partial charge in [-0.05, 0) is 67.9 Å². The smallest absolute Gasteiger partial charge is 0.185 e. The molecule has 0 spiro atoms. The first-order valence-electron chi connectivity index (χ1n) is 9.47. The first-order valence-corrected chi connectivity index (χ1v) is 9.47. The quantitative estimate of drug-likeness (QED) is 0.506. The minimum Gasteiger partial charge on any atom is -0.497 e. The third kappa shape index (κ3) is 4.93. The maximum atomic E-state index is 12.7. The fraction of sp³-hybridized carbons (Fsp3) is 0.348. The van der Waals surface area contributed by atoms with Crippen molar-refractivity contribution in [2.24, 2.45) is 0 Å². The molecule has 1 heterocycles. The van der Waals surface area contributed by atoms with Crippen LogP contribution in [0, 0.1) is 0 Å². The molecule has 148 valence electrons. The summed E-state index contributed by atoms with van der Waals surface area (Å²) in [5.41, 5.74) is 2.54. The zero-order chi connectivity index (χ0) is 19.9. The maximum Gasteiger partial charge on any atom is 0.185 e. The van der Waals surface area contributed by atoms with Crippen LogP contribution >= 0.6 is 0 Å². The van der Waals surface area contributed by atoms with E-state index >= 15 is 0 Å². The Balaban J connectivity index is 1.79. The minimum absolute atomic E-state index is 0.0490. The van der Waals surface area contributed by atoms with E-state index in [9.17, 15) is 4.79 Å². The predicted octanol–water partition coefficient (Wildman–Crippen LogP) is 4.20. The molecule has 1 aliphatic rings. The summed E-state index contributed by atoms with van der Waals surface area (Å²) in [6.07, 6.45) is 5.81. The van der Waals surface area contributed by atoms with E-state index in [0.717, 1.165) is 36.5 Å². The van der Waals surface area contributed by atoms with Gasteiger partial charge in [-0.15, -0.1) is 0 Å². The molecular weight excluding hydrogens is 354 g/mol. The number of carbonyl (C=O) groups is 1. The van der Waals surface area contributed by atoms with Crippen molar-refractivity contribution < 1.29 is 19.0 Å². The van der Waals surface area contributed by atoms with Crippen molar-refractivity contribution in [1.29, 1.82) is 0 Å². The van der Waals surface area contributed by atoms with Crippen molar-refractivity contribution >= 4 is 11.9 Å². The Bertz CT molecular complexity index is 831.